The number of nitrogens with one attached hydrogen (secondary N) is 1. The normalized spacial score (nSPS) is 13.3. The summed E-state index contributed by atoms with van der Waals surface area (Å²) in [5, 5.41) is 3.17. The van der Waals surface area contributed by atoms with Gasteiger partial charge in [-0.1, -0.05) is 11.6 Å². The van der Waals surface area contributed by atoms with Gasteiger partial charge < -0.3 is 14.6 Å². The summed E-state index contributed by atoms with van der Waals surface area (Å²) < 4.78 is 18.9. The number of hydrogen-bond donors (Lipinski definition) is 1. The molecule has 8 heteroatoms. The summed E-state index contributed by atoms with van der Waals surface area (Å²) in [5.41, 5.74) is 1.53. The zero-order valence-electron chi connectivity index (χ0n) is 15.2. The predicted molar refractivity (Wildman–Crippen MR) is 110 cm³/mol. The van der Waals surface area contributed by atoms with Gasteiger partial charge in [0.25, 0.3) is 5.91 Å². The molecule has 5 nitrogen and oxygen atoms in total. The fourth-order valence-corrected chi connectivity index (χ4v) is 4.13. The van der Waals surface area contributed by atoms with Crippen LogP contribution in [0.3, 0.4) is 0 Å². The van der Waals surface area contributed by atoms with Gasteiger partial charge in [0.2, 0.25) is 5.91 Å². The molecule has 1 aliphatic heterocycles. The maximum Gasteiger partial charge on any atom is 0.251 e. The van der Waals surface area contributed by atoms with Gasteiger partial charge in [-0.3, -0.25) is 9.59 Å². The van der Waals surface area contributed by atoms with Crippen molar-refractivity contribution in [3.63, 3.8) is 0 Å². The molecule has 0 saturated heterocycles. The fraction of sp³-hybridized carbons (Fsp3) is 0.143. The highest BCUT2D eigenvalue weighted by molar-refractivity contribution is 8.00. The molecule has 0 spiro atoms. The van der Waals surface area contributed by atoms with E-state index in [4.69, 9.17) is 16.0 Å². The van der Waals surface area contributed by atoms with E-state index in [1.54, 1.807) is 30.5 Å². The molecule has 0 fully saturated rings. The molecule has 148 valence electrons. The van der Waals surface area contributed by atoms with Gasteiger partial charge in [-0.25, -0.2) is 4.39 Å². The molecular weight excluding hydrogens is 415 g/mol. The summed E-state index contributed by atoms with van der Waals surface area (Å²) >= 11 is 7.58. The van der Waals surface area contributed by atoms with Gasteiger partial charge in [0.05, 0.1) is 30.8 Å². The first-order valence-electron chi connectivity index (χ1n) is 8.83. The molecule has 0 aliphatic carbocycles. The Bertz CT molecular complexity index is 1070. The van der Waals surface area contributed by atoms with Crippen molar-refractivity contribution in [2.24, 2.45) is 0 Å². The molecule has 0 bridgehead atoms. The standard InChI is InChI=1S/C21H16ClFN2O3S/c22-17-5-4-15(23)8-14(17)11-25-18-9-13(3-6-19(18)29-12-20(25)26)21(27)24-10-16-2-1-7-28-16/h1-9H,10-12H2,(H,24,27). The van der Waals surface area contributed by atoms with Crippen LogP contribution in [0, 0.1) is 5.82 Å². The number of hydrogen-bond acceptors (Lipinski definition) is 4. The van der Waals surface area contributed by atoms with Crippen molar-refractivity contribution in [1.29, 1.82) is 0 Å². The van der Waals surface area contributed by atoms with Crippen LogP contribution in [0.4, 0.5) is 10.1 Å². The van der Waals surface area contributed by atoms with Crippen LogP contribution < -0.4 is 10.2 Å². The van der Waals surface area contributed by atoms with Crippen molar-refractivity contribution in [2.45, 2.75) is 18.0 Å². The Labute approximate surface area is 175 Å². The lowest BCUT2D eigenvalue weighted by molar-refractivity contribution is -0.116. The van der Waals surface area contributed by atoms with E-state index in [9.17, 15) is 14.0 Å². The number of carbonyl (C=O) groups excluding carboxylic acids is 2. The van der Waals surface area contributed by atoms with Crippen molar-refractivity contribution in [2.75, 3.05) is 10.7 Å². The molecule has 1 aromatic heterocycles. The highest BCUT2D eigenvalue weighted by Gasteiger charge is 2.26. The van der Waals surface area contributed by atoms with Crippen LogP contribution in [0.15, 0.2) is 64.1 Å². The van der Waals surface area contributed by atoms with E-state index in [0.717, 1.165) is 4.90 Å². The Morgan fingerprint density at radius 2 is 2.10 bits per heavy atom. The minimum atomic E-state index is -0.422. The number of anilines is 1. The molecule has 0 unspecified atom stereocenters. The second-order valence-electron chi connectivity index (χ2n) is 6.45. The third kappa shape index (κ3) is 4.31. The number of thioether (sulfide) groups is 1. The van der Waals surface area contributed by atoms with E-state index in [1.165, 1.54) is 34.9 Å². The lowest BCUT2D eigenvalue weighted by Gasteiger charge is -2.29. The molecule has 0 saturated carbocycles. The Morgan fingerprint density at radius 3 is 2.90 bits per heavy atom. The third-order valence-corrected chi connectivity index (χ3v) is 5.92. The van der Waals surface area contributed by atoms with Gasteiger partial charge in [0.15, 0.2) is 0 Å². The third-order valence-electron chi connectivity index (χ3n) is 4.50. The molecule has 3 aromatic rings. The Hall–Kier alpha value is -2.77. The Morgan fingerprint density at radius 1 is 1.24 bits per heavy atom. The first-order valence-corrected chi connectivity index (χ1v) is 10.2. The number of carbonyl (C=O) groups is 2. The number of halogens is 2. The first-order chi connectivity index (χ1) is 14.0. The molecule has 29 heavy (non-hydrogen) atoms. The second-order valence-corrected chi connectivity index (χ2v) is 7.87. The average molecular weight is 431 g/mol. The highest BCUT2D eigenvalue weighted by Crippen LogP contribution is 2.37. The lowest BCUT2D eigenvalue weighted by atomic mass is 10.1. The van der Waals surface area contributed by atoms with Gasteiger partial charge in [-0.2, -0.15) is 0 Å². The van der Waals surface area contributed by atoms with Crippen LogP contribution in [-0.2, 0) is 17.9 Å². The first kappa shape index (κ1) is 19.5. The van der Waals surface area contributed by atoms with Crippen LogP contribution in [0.5, 0.6) is 0 Å². The molecule has 1 aliphatic rings. The van der Waals surface area contributed by atoms with Crippen LogP contribution in [0.1, 0.15) is 21.7 Å². The molecular formula is C21H16ClFN2O3S. The molecule has 1 N–H and O–H groups in total. The number of fused-ring (bicyclic) bond motifs is 1. The number of benzene rings is 2. The van der Waals surface area contributed by atoms with E-state index in [1.807, 2.05) is 6.07 Å². The smallest absolute Gasteiger partial charge is 0.251 e. The Balaban J connectivity index is 1.59. The van der Waals surface area contributed by atoms with E-state index < -0.39 is 5.82 Å². The maximum atomic E-state index is 13.6. The zero-order valence-corrected chi connectivity index (χ0v) is 16.7. The topological polar surface area (TPSA) is 62.6 Å². The van der Waals surface area contributed by atoms with Gasteiger partial charge in [0, 0.05) is 15.5 Å². The summed E-state index contributed by atoms with van der Waals surface area (Å²) in [6.07, 6.45) is 1.54. The highest BCUT2D eigenvalue weighted by atomic mass is 35.5. The van der Waals surface area contributed by atoms with Gasteiger partial charge in [-0.15, -0.1) is 11.8 Å². The van der Waals surface area contributed by atoms with Crippen LogP contribution in [0.2, 0.25) is 5.02 Å². The molecule has 0 atom stereocenters. The van der Waals surface area contributed by atoms with E-state index in [2.05, 4.69) is 5.32 Å². The SMILES string of the molecule is O=C(NCc1ccco1)c1ccc2c(c1)N(Cc1cc(F)ccc1Cl)C(=O)CS2. The quantitative estimate of drug-likeness (QED) is 0.640. The summed E-state index contributed by atoms with van der Waals surface area (Å²) in [5.74, 6) is 0.0788. The number of furan rings is 1. The second kappa shape index (κ2) is 8.31. The van der Waals surface area contributed by atoms with Crippen molar-refractivity contribution < 1.29 is 18.4 Å². The van der Waals surface area contributed by atoms with Crippen molar-refractivity contribution >= 4 is 40.9 Å². The van der Waals surface area contributed by atoms with Crippen molar-refractivity contribution in [1.82, 2.24) is 5.32 Å². The molecule has 0 radical (unpaired) electrons. The van der Waals surface area contributed by atoms with E-state index in [0.29, 0.717) is 27.6 Å². The largest absolute Gasteiger partial charge is 0.467 e. The van der Waals surface area contributed by atoms with Crippen molar-refractivity contribution in [3.05, 3.63) is 82.5 Å². The number of amides is 2. The fourth-order valence-electron chi connectivity index (χ4n) is 3.03. The molecule has 2 aromatic carbocycles. The summed E-state index contributed by atoms with van der Waals surface area (Å²) in [4.78, 5) is 27.5. The minimum absolute atomic E-state index is 0.125. The number of nitrogens with zero attached hydrogens (tertiary/aromatic N) is 1. The average Bonchev–Trinajstić information content (AvgIpc) is 3.24. The van der Waals surface area contributed by atoms with Gasteiger partial charge in [0.1, 0.15) is 11.6 Å². The predicted octanol–water partition coefficient (Wildman–Crippen LogP) is 4.64. The van der Waals surface area contributed by atoms with E-state index in [-0.39, 0.29) is 30.7 Å². The van der Waals surface area contributed by atoms with Crippen molar-refractivity contribution in [3.8, 4) is 0 Å². The van der Waals surface area contributed by atoms with E-state index >= 15 is 0 Å². The van der Waals surface area contributed by atoms with Crippen LogP contribution >= 0.6 is 23.4 Å². The maximum absolute atomic E-state index is 13.6. The van der Waals surface area contributed by atoms with Crippen LogP contribution in [-0.4, -0.2) is 17.6 Å². The molecule has 4 rings (SSSR count). The van der Waals surface area contributed by atoms with Gasteiger partial charge >= 0.3 is 0 Å². The molecule has 2 amide bonds. The Kier molecular flexibility index (Phi) is 5.60. The number of rotatable bonds is 5. The van der Waals surface area contributed by atoms with Crippen LogP contribution in [0.25, 0.3) is 0 Å². The lowest BCUT2D eigenvalue weighted by Crippen LogP contribution is -2.35. The zero-order chi connectivity index (χ0) is 20.4. The monoisotopic (exact) mass is 430 g/mol. The van der Waals surface area contributed by atoms with Gasteiger partial charge in [-0.05, 0) is 54.1 Å². The summed E-state index contributed by atoms with van der Waals surface area (Å²) in [6.45, 7) is 0.389. The molecule has 2 heterocycles. The summed E-state index contributed by atoms with van der Waals surface area (Å²) in [7, 11) is 0. The summed E-state index contributed by atoms with van der Waals surface area (Å²) in [6, 6.07) is 12.8. The minimum Gasteiger partial charge on any atom is -0.467 e.